The molecule has 0 saturated heterocycles. The Morgan fingerprint density at radius 1 is 0.605 bits per heavy atom. The second-order valence-electron chi connectivity index (χ2n) is 10.4. The fourth-order valence-electron chi connectivity index (χ4n) is 5.44. The lowest BCUT2D eigenvalue weighted by atomic mass is 10.00. The highest BCUT2D eigenvalue weighted by molar-refractivity contribution is 9.10. The predicted octanol–water partition coefficient (Wildman–Crippen LogP) is 9.01. The first-order valence-electron chi connectivity index (χ1n) is 14.0. The van der Waals surface area contributed by atoms with E-state index in [0.717, 1.165) is 80.3 Å². The summed E-state index contributed by atoms with van der Waals surface area (Å²) in [5.74, 6) is 4.61. The van der Waals surface area contributed by atoms with Gasteiger partial charge in [-0.05, 0) is 66.1 Å². The lowest BCUT2D eigenvalue weighted by Crippen LogP contribution is -1.96. The molecular weight excluding hydrogens is 608 g/mol. The molecule has 0 atom stereocenters. The van der Waals surface area contributed by atoms with Crippen LogP contribution < -0.4 is 18.9 Å². The van der Waals surface area contributed by atoms with E-state index in [0.29, 0.717) is 12.2 Å². The van der Waals surface area contributed by atoms with E-state index in [-0.39, 0.29) is 11.5 Å². The van der Waals surface area contributed by atoms with Crippen molar-refractivity contribution in [3.8, 4) is 57.1 Å². The van der Waals surface area contributed by atoms with Crippen LogP contribution in [0.15, 0.2) is 95.5 Å². The number of aryl methyl sites for hydroxylation is 2. The first kappa shape index (κ1) is 28.5. The standard InChI is InChI=1S/C20H16O3.C16H15BrO3/c21-16-11-18(22)17-9-8-14-6-7-15(13-4-2-1-3-5-13)10-19(14)23-20(17)12-16;1-18-12-8-15(19-2)13-6-4-10-3-5-11(17)7-14(10)20-16(13)9-12/h1-7,10-12,21-22H,8-9H2;3,5,7-9H,4,6H2,1-2H3. The van der Waals surface area contributed by atoms with Crippen LogP contribution >= 0.6 is 15.9 Å². The van der Waals surface area contributed by atoms with Gasteiger partial charge in [-0.25, -0.2) is 0 Å². The zero-order valence-corrected chi connectivity index (χ0v) is 25.5. The smallest absolute Gasteiger partial charge is 0.138 e. The monoisotopic (exact) mass is 638 g/mol. The van der Waals surface area contributed by atoms with E-state index in [1.165, 1.54) is 11.6 Å². The highest BCUT2D eigenvalue weighted by atomic mass is 79.9. The van der Waals surface area contributed by atoms with Crippen LogP contribution in [0, 0.1) is 0 Å². The van der Waals surface area contributed by atoms with E-state index in [9.17, 15) is 10.2 Å². The van der Waals surface area contributed by atoms with Gasteiger partial charge >= 0.3 is 0 Å². The van der Waals surface area contributed by atoms with Crippen LogP contribution in [-0.4, -0.2) is 24.4 Å². The number of phenolic OH excluding ortho intramolecular Hbond substituents is 2. The van der Waals surface area contributed by atoms with Gasteiger partial charge in [-0.2, -0.15) is 0 Å². The SMILES string of the molecule is COc1cc(OC)c2c(c1)Oc1cc(Br)ccc1CC2.Oc1cc(O)c2c(c1)Oc1cc(-c3ccccc3)ccc1CC2. The third kappa shape index (κ3) is 6.13. The molecule has 5 aromatic rings. The van der Waals surface area contributed by atoms with Crippen molar-refractivity contribution in [3.05, 3.63) is 118 Å². The fourth-order valence-corrected chi connectivity index (χ4v) is 5.78. The summed E-state index contributed by atoms with van der Waals surface area (Å²) in [5, 5.41) is 19.7. The Labute approximate surface area is 259 Å². The Balaban J connectivity index is 0.000000155. The highest BCUT2D eigenvalue weighted by Crippen LogP contribution is 2.43. The summed E-state index contributed by atoms with van der Waals surface area (Å²) in [7, 11) is 3.31. The minimum absolute atomic E-state index is 0.00362. The number of ether oxygens (including phenoxy) is 4. The maximum Gasteiger partial charge on any atom is 0.138 e. The van der Waals surface area contributed by atoms with E-state index in [1.54, 1.807) is 20.3 Å². The number of fused-ring (bicyclic) bond motifs is 4. The van der Waals surface area contributed by atoms with Crippen molar-refractivity contribution in [3.63, 3.8) is 0 Å². The molecule has 0 radical (unpaired) electrons. The van der Waals surface area contributed by atoms with Gasteiger partial charge in [0.25, 0.3) is 0 Å². The van der Waals surface area contributed by atoms with E-state index < -0.39 is 0 Å². The maximum absolute atomic E-state index is 10.0. The molecule has 7 heteroatoms. The molecule has 0 aliphatic carbocycles. The molecule has 0 amide bonds. The Morgan fingerprint density at radius 3 is 2.00 bits per heavy atom. The number of halogens is 1. The summed E-state index contributed by atoms with van der Waals surface area (Å²) < 4.78 is 23.9. The van der Waals surface area contributed by atoms with Gasteiger partial charge in [0.1, 0.15) is 46.0 Å². The lowest BCUT2D eigenvalue weighted by molar-refractivity contribution is 0.383. The second-order valence-corrected chi connectivity index (χ2v) is 11.3. The van der Waals surface area contributed by atoms with Crippen LogP contribution in [-0.2, 0) is 25.7 Å². The van der Waals surface area contributed by atoms with Crippen LogP contribution in [0.25, 0.3) is 11.1 Å². The molecule has 0 fully saturated rings. The van der Waals surface area contributed by atoms with Gasteiger partial charge in [-0.3, -0.25) is 0 Å². The summed E-state index contributed by atoms with van der Waals surface area (Å²) in [4.78, 5) is 0. The van der Waals surface area contributed by atoms with E-state index >= 15 is 0 Å². The zero-order chi connectivity index (χ0) is 29.9. The zero-order valence-electron chi connectivity index (χ0n) is 23.9. The molecule has 5 aromatic carbocycles. The molecule has 218 valence electrons. The Bertz CT molecular complexity index is 1780. The second kappa shape index (κ2) is 12.3. The average molecular weight is 640 g/mol. The van der Waals surface area contributed by atoms with Crippen LogP contribution in [0.2, 0.25) is 0 Å². The van der Waals surface area contributed by atoms with Crippen LogP contribution in [0.3, 0.4) is 0 Å². The number of rotatable bonds is 3. The van der Waals surface area contributed by atoms with E-state index in [4.69, 9.17) is 18.9 Å². The molecule has 2 aliphatic rings. The van der Waals surface area contributed by atoms with Crippen molar-refractivity contribution >= 4 is 15.9 Å². The molecule has 2 N–H and O–H groups in total. The molecule has 2 heterocycles. The molecule has 0 unspecified atom stereocenters. The van der Waals surface area contributed by atoms with Crippen molar-refractivity contribution in [2.24, 2.45) is 0 Å². The van der Waals surface area contributed by atoms with Crippen LogP contribution in [0.4, 0.5) is 0 Å². The van der Waals surface area contributed by atoms with Gasteiger partial charge in [0.05, 0.1) is 14.2 Å². The van der Waals surface area contributed by atoms with Crippen LogP contribution in [0.5, 0.6) is 46.0 Å². The first-order valence-corrected chi connectivity index (χ1v) is 14.8. The summed E-state index contributed by atoms with van der Waals surface area (Å²) in [5.41, 5.74) is 6.32. The van der Waals surface area contributed by atoms with Gasteiger partial charge in [-0.1, -0.05) is 64.5 Å². The number of methoxy groups -OCH3 is 2. The minimum Gasteiger partial charge on any atom is -0.508 e. The summed E-state index contributed by atoms with van der Waals surface area (Å²) in [6.45, 7) is 0. The minimum atomic E-state index is 0.00362. The van der Waals surface area contributed by atoms with Gasteiger partial charge in [0.2, 0.25) is 0 Å². The Kier molecular flexibility index (Phi) is 8.16. The Morgan fingerprint density at radius 2 is 1.28 bits per heavy atom. The number of hydrogen-bond acceptors (Lipinski definition) is 6. The van der Waals surface area contributed by atoms with E-state index in [2.05, 4.69) is 46.3 Å². The normalized spacial score (nSPS) is 12.7. The highest BCUT2D eigenvalue weighted by Gasteiger charge is 2.21. The predicted molar refractivity (Wildman–Crippen MR) is 170 cm³/mol. The van der Waals surface area contributed by atoms with Crippen molar-refractivity contribution in [1.82, 2.24) is 0 Å². The third-order valence-electron chi connectivity index (χ3n) is 7.70. The molecule has 6 nitrogen and oxygen atoms in total. The van der Waals surface area contributed by atoms with Gasteiger partial charge in [-0.15, -0.1) is 0 Å². The first-order chi connectivity index (χ1) is 20.9. The molecule has 43 heavy (non-hydrogen) atoms. The molecule has 0 saturated carbocycles. The van der Waals surface area contributed by atoms with E-state index in [1.807, 2.05) is 48.5 Å². The molecular formula is C36H31BrO6. The van der Waals surface area contributed by atoms with Gasteiger partial charge in [0, 0.05) is 39.9 Å². The largest absolute Gasteiger partial charge is 0.508 e. The van der Waals surface area contributed by atoms with Crippen molar-refractivity contribution in [1.29, 1.82) is 0 Å². The molecule has 0 spiro atoms. The molecule has 0 aromatic heterocycles. The number of hydrogen-bond donors (Lipinski definition) is 2. The quantitative estimate of drug-likeness (QED) is 0.205. The third-order valence-corrected chi connectivity index (χ3v) is 8.19. The summed E-state index contributed by atoms with van der Waals surface area (Å²) >= 11 is 3.48. The number of phenols is 2. The van der Waals surface area contributed by atoms with Gasteiger partial charge < -0.3 is 29.2 Å². The topological polar surface area (TPSA) is 77.4 Å². The van der Waals surface area contributed by atoms with Crippen molar-refractivity contribution < 1.29 is 29.2 Å². The summed E-state index contributed by atoms with van der Waals surface area (Å²) in [6.07, 6.45) is 3.28. The molecule has 7 rings (SSSR count). The maximum atomic E-state index is 10.0. The number of aromatic hydroxyl groups is 2. The van der Waals surface area contributed by atoms with Crippen LogP contribution in [0.1, 0.15) is 22.3 Å². The van der Waals surface area contributed by atoms with Gasteiger partial charge in [0.15, 0.2) is 0 Å². The van der Waals surface area contributed by atoms with Crippen molar-refractivity contribution in [2.75, 3.05) is 14.2 Å². The summed E-state index contributed by atoms with van der Waals surface area (Å²) in [6, 6.07) is 29.1. The number of benzene rings is 5. The molecule has 2 aliphatic heterocycles. The molecule has 0 bridgehead atoms. The fraction of sp³-hybridized carbons (Fsp3) is 0.167. The van der Waals surface area contributed by atoms with Crippen molar-refractivity contribution in [2.45, 2.75) is 25.7 Å². The Hall–Kier alpha value is -4.62. The average Bonchev–Trinajstić information content (AvgIpc) is 3.32. The lowest BCUT2D eigenvalue weighted by Gasteiger charge is -2.14.